The predicted molar refractivity (Wildman–Crippen MR) is 62.2 cm³/mol. The van der Waals surface area contributed by atoms with Crippen molar-refractivity contribution >= 4 is 23.1 Å². The Bertz CT molecular complexity index is 505. The van der Waals surface area contributed by atoms with Gasteiger partial charge in [0.15, 0.2) is 5.82 Å². The number of rotatable bonds is 3. The van der Waals surface area contributed by atoms with Crippen molar-refractivity contribution in [3.8, 4) is 6.08 Å². The van der Waals surface area contributed by atoms with Crippen LogP contribution in [-0.4, -0.2) is 19.7 Å². The Hall–Kier alpha value is -1.21. The van der Waals surface area contributed by atoms with Gasteiger partial charge in [0, 0.05) is 16.9 Å². The van der Waals surface area contributed by atoms with Crippen LogP contribution in [0, 0.1) is 0 Å². The minimum absolute atomic E-state index is 0.110. The normalized spacial score (nSPS) is 11.8. The zero-order valence-corrected chi connectivity index (χ0v) is 11.2. The first-order valence-electron chi connectivity index (χ1n) is 4.90. The molecule has 2 rings (SSSR count). The summed E-state index contributed by atoms with van der Waals surface area (Å²) in [5.41, 5.74) is 0.387. The highest BCUT2D eigenvalue weighted by Gasteiger charge is 2.21. The highest BCUT2D eigenvalue weighted by Crippen LogP contribution is 2.22. The number of ether oxygens (including phenoxy) is 1. The maximum atomic E-state index is 5.83. The molecule has 8 heteroatoms. The molecule has 0 N–H and O–H groups in total. The van der Waals surface area contributed by atoms with Crippen molar-refractivity contribution in [1.82, 2.24) is 19.7 Å². The lowest BCUT2D eigenvalue weighted by Crippen LogP contribution is -2.13. The van der Waals surface area contributed by atoms with E-state index in [9.17, 15) is 0 Å². The summed E-state index contributed by atoms with van der Waals surface area (Å²) in [6.45, 7) is 6.13. The molecule has 0 fully saturated rings. The Kier molecular flexibility index (Phi) is 3.30. The predicted octanol–water partition coefficient (Wildman–Crippen LogP) is 2.45. The van der Waals surface area contributed by atoms with E-state index in [-0.39, 0.29) is 18.1 Å². The lowest BCUT2D eigenvalue weighted by molar-refractivity contribution is 0.192. The number of hydrogen-bond acceptors (Lipinski definition) is 7. The van der Waals surface area contributed by atoms with E-state index in [1.165, 1.54) is 0 Å². The Morgan fingerprint density at radius 1 is 1.41 bits per heavy atom. The largest absolute Gasteiger partial charge is 0.442 e. The van der Waals surface area contributed by atoms with Gasteiger partial charge in [-0.15, -0.1) is 5.10 Å². The summed E-state index contributed by atoms with van der Waals surface area (Å²) in [5.74, 6) is 0.593. The molecule has 0 aliphatic heterocycles. The number of nitrogens with zero attached hydrogens (tertiary/aromatic N) is 4. The lowest BCUT2D eigenvalue weighted by atomic mass is 9.96. The monoisotopic (exact) mass is 274 g/mol. The molecule has 0 aromatic carbocycles. The molecule has 6 nitrogen and oxygen atoms in total. The van der Waals surface area contributed by atoms with Crippen molar-refractivity contribution in [2.75, 3.05) is 0 Å². The summed E-state index contributed by atoms with van der Waals surface area (Å²) in [6, 6.07) is 0. The molecule has 17 heavy (non-hydrogen) atoms. The maximum absolute atomic E-state index is 5.83. The third kappa shape index (κ3) is 2.92. The maximum Gasteiger partial charge on any atom is 0.417 e. The van der Waals surface area contributed by atoms with E-state index < -0.39 is 0 Å². The number of hydrogen-bond donors (Lipinski definition) is 0. The van der Waals surface area contributed by atoms with Gasteiger partial charge in [0.05, 0.1) is 0 Å². The minimum atomic E-state index is -0.176. The van der Waals surface area contributed by atoms with E-state index in [4.69, 9.17) is 20.9 Å². The molecule has 0 amide bonds. The van der Waals surface area contributed by atoms with Gasteiger partial charge >= 0.3 is 6.08 Å². The molecule has 0 atom stereocenters. The van der Waals surface area contributed by atoms with Crippen molar-refractivity contribution in [1.29, 1.82) is 0 Å². The fourth-order valence-corrected chi connectivity index (χ4v) is 1.59. The van der Waals surface area contributed by atoms with Crippen molar-refractivity contribution < 1.29 is 9.26 Å². The summed E-state index contributed by atoms with van der Waals surface area (Å²) in [5, 5.41) is 7.64. The Labute approximate surface area is 107 Å². The molecule has 0 unspecified atom stereocenters. The molecular weight excluding hydrogens is 264 g/mol. The van der Waals surface area contributed by atoms with Crippen LogP contribution in [0.1, 0.15) is 32.3 Å². The zero-order valence-electron chi connectivity index (χ0n) is 9.60. The summed E-state index contributed by atoms with van der Waals surface area (Å²) in [7, 11) is 0. The highest BCUT2D eigenvalue weighted by molar-refractivity contribution is 7.10. The van der Waals surface area contributed by atoms with Crippen molar-refractivity contribution in [2.24, 2.45) is 0 Å². The Morgan fingerprint density at radius 2 is 2.18 bits per heavy atom. The zero-order chi connectivity index (χ0) is 12.5. The van der Waals surface area contributed by atoms with E-state index in [1.807, 2.05) is 20.8 Å². The van der Waals surface area contributed by atoms with Crippen LogP contribution >= 0.6 is 23.1 Å². The van der Waals surface area contributed by atoms with Crippen molar-refractivity contribution in [3.63, 3.8) is 0 Å². The molecule has 0 aliphatic rings. The second-order valence-electron chi connectivity index (χ2n) is 4.42. The smallest absolute Gasteiger partial charge is 0.417 e. The summed E-state index contributed by atoms with van der Waals surface area (Å²) >= 11 is 6.94. The van der Waals surface area contributed by atoms with Crippen LogP contribution in [0.15, 0.2) is 4.52 Å². The van der Waals surface area contributed by atoms with Crippen LogP contribution in [0.25, 0.3) is 0 Å². The average molecular weight is 275 g/mol. The van der Waals surface area contributed by atoms with E-state index in [2.05, 4.69) is 19.7 Å². The first-order chi connectivity index (χ1) is 7.97. The molecule has 2 aromatic rings. The van der Waals surface area contributed by atoms with Crippen LogP contribution in [-0.2, 0) is 12.0 Å². The summed E-state index contributed by atoms with van der Waals surface area (Å²) < 4.78 is 14.4. The van der Waals surface area contributed by atoms with Gasteiger partial charge in [0.25, 0.3) is 0 Å². The van der Waals surface area contributed by atoms with Gasteiger partial charge in [-0.3, -0.25) is 4.52 Å². The van der Waals surface area contributed by atoms with Gasteiger partial charge in [-0.2, -0.15) is 4.98 Å². The third-order valence-electron chi connectivity index (χ3n) is 1.92. The van der Waals surface area contributed by atoms with Crippen LogP contribution in [0.2, 0.25) is 4.34 Å². The number of halogens is 1. The van der Waals surface area contributed by atoms with E-state index in [0.717, 1.165) is 11.5 Å². The van der Waals surface area contributed by atoms with Gasteiger partial charge in [0.1, 0.15) is 16.6 Å². The first-order valence-corrected chi connectivity index (χ1v) is 6.05. The molecule has 0 saturated heterocycles. The first kappa shape index (κ1) is 12.3. The van der Waals surface area contributed by atoms with Crippen LogP contribution < -0.4 is 4.74 Å². The van der Waals surface area contributed by atoms with Gasteiger partial charge < -0.3 is 4.74 Å². The molecule has 0 spiro atoms. The van der Waals surface area contributed by atoms with E-state index >= 15 is 0 Å². The van der Waals surface area contributed by atoms with Gasteiger partial charge in [-0.1, -0.05) is 42.0 Å². The van der Waals surface area contributed by atoms with Crippen molar-refractivity contribution in [2.45, 2.75) is 32.8 Å². The molecular formula is C9H11ClN4O2S. The van der Waals surface area contributed by atoms with Gasteiger partial charge in [-0.05, 0) is 0 Å². The minimum Gasteiger partial charge on any atom is -0.442 e. The quantitative estimate of drug-likeness (QED) is 0.856. The van der Waals surface area contributed by atoms with Crippen molar-refractivity contribution in [3.05, 3.63) is 15.9 Å². The van der Waals surface area contributed by atoms with Gasteiger partial charge in [-0.25, -0.2) is 0 Å². The van der Waals surface area contributed by atoms with Gasteiger partial charge in [0.2, 0.25) is 0 Å². The summed E-state index contributed by atoms with van der Waals surface area (Å²) in [4.78, 5) is 4.12. The summed E-state index contributed by atoms with van der Waals surface area (Å²) in [6.07, 6.45) is 0.110. The van der Waals surface area contributed by atoms with E-state index in [1.54, 1.807) is 0 Å². The second kappa shape index (κ2) is 4.58. The molecule has 2 aromatic heterocycles. The standard InChI is InChI=1S/C9H11ClN4O2S/c1-9(2,3)7-11-8(16-13-7)15-4-5-6(10)17-14-12-5/h4H2,1-3H3. The fourth-order valence-electron chi connectivity index (χ4n) is 0.986. The topological polar surface area (TPSA) is 73.9 Å². The van der Waals surface area contributed by atoms with Crippen LogP contribution in [0.3, 0.4) is 0 Å². The molecule has 0 saturated carbocycles. The van der Waals surface area contributed by atoms with Crippen LogP contribution in [0.4, 0.5) is 0 Å². The molecule has 0 aliphatic carbocycles. The molecule has 0 bridgehead atoms. The Morgan fingerprint density at radius 3 is 2.71 bits per heavy atom. The SMILES string of the molecule is CC(C)(C)c1noc(OCc2nnsc2Cl)n1. The fraction of sp³-hybridized carbons (Fsp3) is 0.556. The average Bonchev–Trinajstić information content (AvgIpc) is 2.82. The lowest BCUT2D eigenvalue weighted by Gasteiger charge is -2.10. The highest BCUT2D eigenvalue weighted by atomic mass is 35.5. The Balaban J connectivity index is 2.01. The third-order valence-corrected chi connectivity index (χ3v) is 2.90. The van der Waals surface area contributed by atoms with Crippen LogP contribution in [0.5, 0.6) is 6.08 Å². The molecule has 0 radical (unpaired) electrons. The number of aromatic nitrogens is 4. The van der Waals surface area contributed by atoms with E-state index in [0.29, 0.717) is 15.9 Å². The second-order valence-corrected chi connectivity index (χ2v) is 5.77. The molecule has 92 valence electrons. The molecule has 2 heterocycles.